The highest BCUT2D eigenvalue weighted by atomic mass is 16.8. The molecule has 1 saturated heterocycles. The molecule has 1 fully saturated rings. The third kappa shape index (κ3) is 1.85. The molecule has 1 aliphatic rings. The normalized spacial score (nSPS) is 26.5. The lowest BCUT2D eigenvalue weighted by Crippen LogP contribution is -2.24. The average molecular weight is 158 g/mol. The van der Waals surface area contributed by atoms with Gasteiger partial charge in [0, 0.05) is 0 Å². The zero-order valence-electron chi connectivity index (χ0n) is 7.16. The van der Waals surface area contributed by atoms with Crippen molar-refractivity contribution >= 4 is 6.16 Å². The van der Waals surface area contributed by atoms with E-state index in [2.05, 4.69) is 25.5 Å². The second-order valence-electron chi connectivity index (χ2n) is 3.32. The standard InChI is InChI=1S/C8H14O3/c1-5(2)6(3)7-4-10-8(9)11-7/h5-7H,4H2,1-3H3. The Labute approximate surface area is 66.7 Å². The van der Waals surface area contributed by atoms with Gasteiger partial charge >= 0.3 is 6.16 Å². The molecule has 11 heavy (non-hydrogen) atoms. The quantitative estimate of drug-likeness (QED) is 0.575. The van der Waals surface area contributed by atoms with Crippen LogP contribution in [0.4, 0.5) is 4.79 Å². The number of hydrogen-bond acceptors (Lipinski definition) is 3. The van der Waals surface area contributed by atoms with Gasteiger partial charge in [0.25, 0.3) is 0 Å². The largest absolute Gasteiger partial charge is 0.508 e. The molecule has 3 nitrogen and oxygen atoms in total. The summed E-state index contributed by atoms with van der Waals surface area (Å²) in [6.07, 6.45) is -0.565. The monoisotopic (exact) mass is 158 g/mol. The van der Waals surface area contributed by atoms with Crippen molar-refractivity contribution in [2.45, 2.75) is 26.9 Å². The highest BCUT2D eigenvalue weighted by Gasteiger charge is 2.31. The van der Waals surface area contributed by atoms with Crippen molar-refractivity contribution in [2.75, 3.05) is 6.61 Å². The molecule has 0 spiro atoms. The Balaban J connectivity index is 2.43. The Bertz CT molecular complexity index is 153. The third-order valence-corrected chi connectivity index (χ3v) is 2.25. The van der Waals surface area contributed by atoms with E-state index < -0.39 is 6.16 Å². The van der Waals surface area contributed by atoms with Crippen molar-refractivity contribution in [3.63, 3.8) is 0 Å². The van der Waals surface area contributed by atoms with Gasteiger partial charge in [0.05, 0.1) is 0 Å². The number of cyclic esters (lactones) is 2. The summed E-state index contributed by atoms with van der Waals surface area (Å²) < 4.78 is 9.60. The molecule has 2 unspecified atom stereocenters. The molecule has 0 N–H and O–H groups in total. The summed E-state index contributed by atoms with van der Waals surface area (Å²) in [5.74, 6) is 0.899. The first-order valence-corrected chi connectivity index (χ1v) is 3.94. The van der Waals surface area contributed by atoms with Crippen LogP contribution in [0.5, 0.6) is 0 Å². The molecule has 1 rings (SSSR count). The molecule has 0 saturated carbocycles. The molecule has 1 aliphatic heterocycles. The summed E-state index contributed by atoms with van der Waals surface area (Å²) in [5, 5.41) is 0. The van der Waals surface area contributed by atoms with Crippen molar-refractivity contribution in [3.05, 3.63) is 0 Å². The minimum atomic E-state index is -0.525. The molecular weight excluding hydrogens is 144 g/mol. The first kappa shape index (κ1) is 8.37. The van der Waals surface area contributed by atoms with Gasteiger partial charge in [-0.2, -0.15) is 0 Å². The van der Waals surface area contributed by atoms with E-state index in [0.717, 1.165) is 0 Å². The molecule has 1 heterocycles. The Morgan fingerprint density at radius 1 is 1.45 bits per heavy atom. The van der Waals surface area contributed by atoms with E-state index >= 15 is 0 Å². The van der Waals surface area contributed by atoms with Crippen molar-refractivity contribution in [2.24, 2.45) is 11.8 Å². The number of carbonyl (C=O) groups excluding carboxylic acids is 1. The summed E-state index contributed by atoms with van der Waals surface area (Å²) in [7, 11) is 0. The Hall–Kier alpha value is -0.730. The van der Waals surface area contributed by atoms with Crippen molar-refractivity contribution in [1.29, 1.82) is 0 Å². The van der Waals surface area contributed by atoms with Crippen LogP contribution in [0.2, 0.25) is 0 Å². The zero-order chi connectivity index (χ0) is 8.43. The second kappa shape index (κ2) is 3.11. The van der Waals surface area contributed by atoms with E-state index in [1.54, 1.807) is 0 Å². The maximum absolute atomic E-state index is 10.5. The van der Waals surface area contributed by atoms with Gasteiger partial charge in [-0.1, -0.05) is 20.8 Å². The SMILES string of the molecule is CC(C)C(C)C1COC(=O)O1. The fourth-order valence-corrected chi connectivity index (χ4v) is 1.03. The number of hydrogen-bond donors (Lipinski definition) is 0. The number of ether oxygens (including phenoxy) is 2. The molecule has 64 valence electrons. The molecular formula is C8H14O3. The van der Waals surface area contributed by atoms with Gasteiger partial charge in [-0.25, -0.2) is 4.79 Å². The van der Waals surface area contributed by atoms with Crippen molar-refractivity contribution < 1.29 is 14.3 Å². The van der Waals surface area contributed by atoms with Crippen LogP contribution in [0.25, 0.3) is 0 Å². The molecule has 2 atom stereocenters. The summed E-state index contributed by atoms with van der Waals surface area (Å²) in [4.78, 5) is 10.5. The molecule has 0 amide bonds. The van der Waals surface area contributed by atoms with Gasteiger partial charge in [0.2, 0.25) is 0 Å². The van der Waals surface area contributed by atoms with Gasteiger partial charge in [-0.3, -0.25) is 0 Å². The first-order chi connectivity index (χ1) is 5.11. The first-order valence-electron chi connectivity index (χ1n) is 3.94. The van der Waals surface area contributed by atoms with E-state index in [-0.39, 0.29) is 6.10 Å². The molecule has 0 radical (unpaired) electrons. The fourth-order valence-electron chi connectivity index (χ4n) is 1.03. The van der Waals surface area contributed by atoms with Crippen LogP contribution in [0, 0.1) is 11.8 Å². The van der Waals surface area contributed by atoms with E-state index in [9.17, 15) is 4.79 Å². The lowest BCUT2D eigenvalue weighted by Gasteiger charge is -2.18. The average Bonchev–Trinajstić information content (AvgIpc) is 2.34. The minimum Gasteiger partial charge on any atom is -0.430 e. The topological polar surface area (TPSA) is 35.5 Å². The lowest BCUT2D eigenvalue weighted by atomic mass is 9.93. The summed E-state index contributed by atoms with van der Waals surface area (Å²) in [5.41, 5.74) is 0. The van der Waals surface area contributed by atoms with E-state index in [1.807, 2.05) is 0 Å². The van der Waals surface area contributed by atoms with Crippen LogP contribution in [0.1, 0.15) is 20.8 Å². The zero-order valence-corrected chi connectivity index (χ0v) is 7.16. The Kier molecular flexibility index (Phi) is 2.37. The fraction of sp³-hybridized carbons (Fsp3) is 0.875. The second-order valence-corrected chi connectivity index (χ2v) is 3.32. The highest BCUT2D eigenvalue weighted by molar-refractivity contribution is 5.61. The molecule has 3 heteroatoms. The predicted molar refractivity (Wildman–Crippen MR) is 40.2 cm³/mol. The van der Waals surface area contributed by atoms with E-state index in [1.165, 1.54) is 0 Å². The Morgan fingerprint density at radius 3 is 2.45 bits per heavy atom. The van der Waals surface area contributed by atoms with E-state index in [0.29, 0.717) is 18.4 Å². The Morgan fingerprint density at radius 2 is 2.09 bits per heavy atom. The molecule has 0 aromatic carbocycles. The highest BCUT2D eigenvalue weighted by Crippen LogP contribution is 2.21. The smallest absolute Gasteiger partial charge is 0.430 e. The molecule has 0 aliphatic carbocycles. The summed E-state index contributed by atoms with van der Waals surface area (Å²) in [6, 6.07) is 0. The van der Waals surface area contributed by atoms with Crippen LogP contribution < -0.4 is 0 Å². The summed E-state index contributed by atoms with van der Waals surface area (Å²) in [6.45, 7) is 6.70. The maximum atomic E-state index is 10.5. The van der Waals surface area contributed by atoms with Crippen LogP contribution in [0.3, 0.4) is 0 Å². The number of rotatable bonds is 2. The predicted octanol–water partition coefficient (Wildman–Crippen LogP) is 1.81. The van der Waals surface area contributed by atoms with Crippen LogP contribution in [-0.4, -0.2) is 18.9 Å². The van der Waals surface area contributed by atoms with Gasteiger partial charge < -0.3 is 9.47 Å². The molecule has 0 aromatic heterocycles. The third-order valence-electron chi connectivity index (χ3n) is 2.25. The van der Waals surface area contributed by atoms with Gasteiger partial charge in [-0.15, -0.1) is 0 Å². The van der Waals surface area contributed by atoms with Gasteiger partial charge in [0.1, 0.15) is 12.7 Å². The molecule has 0 aromatic rings. The molecule has 0 bridgehead atoms. The number of carbonyl (C=O) groups is 1. The van der Waals surface area contributed by atoms with Crippen LogP contribution in [0.15, 0.2) is 0 Å². The van der Waals surface area contributed by atoms with Crippen molar-refractivity contribution in [1.82, 2.24) is 0 Å². The van der Waals surface area contributed by atoms with Gasteiger partial charge in [-0.05, 0) is 11.8 Å². The summed E-state index contributed by atoms with van der Waals surface area (Å²) >= 11 is 0. The van der Waals surface area contributed by atoms with Gasteiger partial charge in [0.15, 0.2) is 0 Å². The van der Waals surface area contributed by atoms with Crippen LogP contribution >= 0.6 is 0 Å². The van der Waals surface area contributed by atoms with Crippen molar-refractivity contribution in [3.8, 4) is 0 Å². The maximum Gasteiger partial charge on any atom is 0.508 e. The minimum absolute atomic E-state index is 0.0394. The lowest BCUT2D eigenvalue weighted by molar-refractivity contribution is 0.0900. The van der Waals surface area contributed by atoms with Crippen LogP contribution in [-0.2, 0) is 9.47 Å². The van der Waals surface area contributed by atoms with E-state index in [4.69, 9.17) is 4.74 Å².